The second-order valence-corrected chi connectivity index (χ2v) is 6.77. The van der Waals surface area contributed by atoms with Crippen LogP contribution in [0.3, 0.4) is 0 Å². The molecule has 1 aromatic rings. The fraction of sp³-hybridized carbons (Fsp3) is 0.579. The lowest BCUT2D eigenvalue weighted by molar-refractivity contribution is 0.256. The van der Waals surface area contributed by atoms with E-state index in [0.29, 0.717) is 11.8 Å². The predicted octanol–water partition coefficient (Wildman–Crippen LogP) is 3.43. The van der Waals surface area contributed by atoms with Crippen LogP contribution in [0.5, 0.6) is 0 Å². The third-order valence-corrected chi connectivity index (χ3v) is 4.26. The first kappa shape index (κ1) is 16.1. The highest BCUT2D eigenvalue weighted by molar-refractivity contribution is 5.36. The molecule has 0 atom stereocenters. The Balaban J connectivity index is 1.90. The summed E-state index contributed by atoms with van der Waals surface area (Å²) in [4.78, 5) is 2.57. The minimum absolute atomic E-state index is 0.135. The van der Waals surface area contributed by atoms with Crippen molar-refractivity contribution in [2.75, 3.05) is 19.7 Å². The Bertz CT molecular complexity index is 493. The van der Waals surface area contributed by atoms with E-state index in [1.54, 1.807) is 0 Å². The van der Waals surface area contributed by atoms with Crippen LogP contribution in [0.25, 0.3) is 0 Å². The van der Waals surface area contributed by atoms with E-state index < -0.39 is 0 Å². The molecule has 0 radical (unpaired) electrons. The summed E-state index contributed by atoms with van der Waals surface area (Å²) >= 11 is 0. The largest absolute Gasteiger partial charge is 0.395 e. The molecule has 0 amide bonds. The molecule has 1 aliphatic heterocycles. The Labute approximate surface area is 129 Å². The lowest BCUT2D eigenvalue weighted by Crippen LogP contribution is -2.25. The lowest BCUT2D eigenvalue weighted by Gasteiger charge is -2.23. The summed E-state index contributed by atoms with van der Waals surface area (Å²) in [6.45, 7) is 8.36. The van der Waals surface area contributed by atoms with Gasteiger partial charge in [0.05, 0.1) is 6.61 Å². The fourth-order valence-electron chi connectivity index (χ4n) is 2.81. The van der Waals surface area contributed by atoms with E-state index in [1.165, 1.54) is 37.9 Å². The van der Waals surface area contributed by atoms with Crippen LogP contribution >= 0.6 is 0 Å². The highest BCUT2D eigenvalue weighted by Crippen LogP contribution is 2.30. The van der Waals surface area contributed by atoms with Crippen LogP contribution in [0, 0.1) is 17.3 Å². The minimum Gasteiger partial charge on any atom is -0.395 e. The fourth-order valence-corrected chi connectivity index (χ4v) is 2.81. The summed E-state index contributed by atoms with van der Waals surface area (Å²) < 4.78 is 0. The third kappa shape index (κ3) is 5.53. The normalized spacial score (nSPS) is 18.6. The van der Waals surface area contributed by atoms with E-state index >= 15 is 0 Å². The van der Waals surface area contributed by atoms with Crippen LogP contribution in [0.15, 0.2) is 24.3 Å². The minimum atomic E-state index is 0.135. The third-order valence-electron chi connectivity index (χ3n) is 4.26. The van der Waals surface area contributed by atoms with E-state index in [4.69, 9.17) is 5.11 Å². The molecule has 2 heteroatoms. The molecule has 0 bridgehead atoms. The first-order chi connectivity index (χ1) is 10.1. The van der Waals surface area contributed by atoms with Crippen molar-refractivity contribution in [2.24, 2.45) is 5.41 Å². The molecular formula is C19H27NO. The van der Waals surface area contributed by atoms with Gasteiger partial charge in [0.2, 0.25) is 0 Å². The molecule has 1 aliphatic rings. The van der Waals surface area contributed by atoms with Crippen molar-refractivity contribution in [3.63, 3.8) is 0 Å². The summed E-state index contributed by atoms with van der Waals surface area (Å²) in [5.41, 5.74) is 2.90. The average molecular weight is 285 g/mol. The Morgan fingerprint density at radius 2 is 1.90 bits per heavy atom. The molecule has 2 nitrogen and oxygen atoms in total. The Morgan fingerprint density at radius 3 is 2.62 bits per heavy atom. The topological polar surface area (TPSA) is 23.5 Å². The molecule has 21 heavy (non-hydrogen) atoms. The first-order valence-electron chi connectivity index (χ1n) is 8.00. The van der Waals surface area contributed by atoms with Gasteiger partial charge in [-0.2, -0.15) is 0 Å². The van der Waals surface area contributed by atoms with Gasteiger partial charge < -0.3 is 5.11 Å². The van der Waals surface area contributed by atoms with Crippen molar-refractivity contribution in [1.82, 2.24) is 4.90 Å². The van der Waals surface area contributed by atoms with Crippen molar-refractivity contribution < 1.29 is 5.11 Å². The maximum absolute atomic E-state index is 8.72. The maximum Gasteiger partial charge on any atom is 0.0540 e. The Morgan fingerprint density at radius 1 is 1.14 bits per heavy atom. The van der Waals surface area contributed by atoms with Crippen LogP contribution in [-0.4, -0.2) is 29.7 Å². The number of hydrogen-bond acceptors (Lipinski definition) is 2. The number of rotatable bonds is 3. The molecule has 0 aromatic heterocycles. The van der Waals surface area contributed by atoms with Crippen molar-refractivity contribution in [3.8, 4) is 11.8 Å². The SMILES string of the molecule is CC1(C)CCCN(Cc2ccc(C#CCCO)cc2)CC1. The zero-order valence-corrected chi connectivity index (χ0v) is 13.4. The van der Waals surface area contributed by atoms with Crippen molar-refractivity contribution in [3.05, 3.63) is 35.4 Å². The molecule has 1 saturated heterocycles. The van der Waals surface area contributed by atoms with E-state index in [-0.39, 0.29) is 6.61 Å². The van der Waals surface area contributed by atoms with Crippen LogP contribution in [0.4, 0.5) is 0 Å². The lowest BCUT2D eigenvalue weighted by atomic mass is 9.85. The van der Waals surface area contributed by atoms with Crippen LogP contribution in [0.1, 0.15) is 50.7 Å². The number of benzene rings is 1. The quantitative estimate of drug-likeness (QED) is 0.860. The standard InChI is InChI=1S/C19H27NO/c1-19(2)11-5-13-20(14-12-19)16-18-9-7-17(8-10-18)6-3-4-15-21/h7-10,21H,4-5,11-16H2,1-2H3. The molecule has 0 saturated carbocycles. The van der Waals surface area contributed by atoms with Gasteiger partial charge in [0.25, 0.3) is 0 Å². The Hall–Kier alpha value is -1.30. The molecule has 1 aromatic carbocycles. The molecule has 1 heterocycles. The van der Waals surface area contributed by atoms with Gasteiger partial charge in [0.1, 0.15) is 0 Å². The van der Waals surface area contributed by atoms with Crippen LogP contribution < -0.4 is 0 Å². The van der Waals surface area contributed by atoms with Gasteiger partial charge in [-0.15, -0.1) is 0 Å². The monoisotopic (exact) mass is 285 g/mol. The smallest absolute Gasteiger partial charge is 0.0540 e. The van der Waals surface area contributed by atoms with Crippen LogP contribution in [0.2, 0.25) is 0 Å². The molecule has 2 rings (SSSR count). The van der Waals surface area contributed by atoms with Crippen LogP contribution in [-0.2, 0) is 6.54 Å². The second kappa shape index (κ2) is 7.64. The zero-order valence-electron chi connectivity index (χ0n) is 13.4. The van der Waals surface area contributed by atoms with Gasteiger partial charge in [-0.3, -0.25) is 4.90 Å². The van der Waals surface area contributed by atoms with Gasteiger partial charge in [-0.1, -0.05) is 37.8 Å². The highest BCUT2D eigenvalue weighted by atomic mass is 16.2. The average Bonchev–Trinajstić information content (AvgIpc) is 2.62. The summed E-state index contributed by atoms with van der Waals surface area (Å²) in [7, 11) is 0. The molecule has 1 N–H and O–H groups in total. The second-order valence-electron chi connectivity index (χ2n) is 6.77. The van der Waals surface area contributed by atoms with E-state index in [9.17, 15) is 0 Å². The van der Waals surface area contributed by atoms with E-state index in [0.717, 1.165) is 12.1 Å². The first-order valence-corrected chi connectivity index (χ1v) is 8.00. The predicted molar refractivity (Wildman–Crippen MR) is 87.9 cm³/mol. The van der Waals surface area contributed by atoms with Gasteiger partial charge in [-0.05, 0) is 55.5 Å². The number of likely N-dealkylation sites (tertiary alicyclic amines) is 1. The number of aliphatic hydroxyl groups is 1. The van der Waals surface area contributed by atoms with Gasteiger partial charge in [0.15, 0.2) is 0 Å². The summed E-state index contributed by atoms with van der Waals surface area (Å²) in [6, 6.07) is 8.53. The van der Waals surface area contributed by atoms with Crippen molar-refractivity contribution >= 4 is 0 Å². The van der Waals surface area contributed by atoms with Gasteiger partial charge in [-0.25, -0.2) is 0 Å². The van der Waals surface area contributed by atoms with Gasteiger partial charge in [0, 0.05) is 18.5 Å². The Kier molecular flexibility index (Phi) is 5.85. The molecular weight excluding hydrogens is 258 g/mol. The molecule has 0 spiro atoms. The summed E-state index contributed by atoms with van der Waals surface area (Å²) in [5, 5.41) is 8.72. The van der Waals surface area contributed by atoms with E-state index in [1.807, 2.05) is 0 Å². The summed E-state index contributed by atoms with van der Waals surface area (Å²) in [5.74, 6) is 6.03. The molecule has 0 unspecified atom stereocenters. The van der Waals surface area contributed by atoms with E-state index in [2.05, 4.69) is 54.9 Å². The van der Waals surface area contributed by atoms with Crippen molar-refractivity contribution in [1.29, 1.82) is 0 Å². The zero-order chi connectivity index (χ0) is 15.1. The molecule has 0 aliphatic carbocycles. The van der Waals surface area contributed by atoms with Crippen molar-refractivity contribution in [2.45, 2.75) is 46.1 Å². The molecule has 114 valence electrons. The maximum atomic E-state index is 8.72. The molecule has 1 fully saturated rings. The van der Waals surface area contributed by atoms with Gasteiger partial charge >= 0.3 is 0 Å². The number of nitrogens with zero attached hydrogens (tertiary/aromatic N) is 1. The number of aliphatic hydroxyl groups excluding tert-OH is 1. The summed E-state index contributed by atoms with van der Waals surface area (Å²) in [6.07, 6.45) is 4.48. The highest BCUT2D eigenvalue weighted by Gasteiger charge is 2.22. The number of hydrogen-bond donors (Lipinski definition) is 1.